The number of benzene rings is 1. The molecular formula is C23H31F2N3O3. The topological polar surface area (TPSA) is 79.8 Å². The molecule has 2 amide bonds. The summed E-state index contributed by atoms with van der Waals surface area (Å²) in [5.41, 5.74) is 0.163. The van der Waals surface area contributed by atoms with Crippen molar-refractivity contribution in [2.24, 2.45) is 10.4 Å². The van der Waals surface area contributed by atoms with Gasteiger partial charge in [-0.1, -0.05) is 13.3 Å². The second kappa shape index (κ2) is 10.2. The highest BCUT2D eigenvalue weighted by atomic mass is 19.2. The Morgan fingerprint density at radius 2 is 1.87 bits per heavy atom. The summed E-state index contributed by atoms with van der Waals surface area (Å²) in [5.74, 6) is -1.93. The number of carbonyl (C=O) groups excluding carboxylic acids is 2. The summed E-state index contributed by atoms with van der Waals surface area (Å²) in [4.78, 5) is 29.1. The van der Waals surface area contributed by atoms with Crippen molar-refractivity contribution in [3.8, 4) is 0 Å². The first-order chi connectivity index (χ1) is 14.8. The van der Waals surface area contributed by atoms with Gasteiger partial charge >= 0.3 is 6.09 Å². The Balaban J connectivity index is 1.64. The van der Waals surface area contributed by atoms with E-state index in [0.717, 1.165) is 57.1 Å². The molecule has 0 atom stereocenters. The van der Waals surface area contributed by atoms with Gasteiger partial charge in [0.05, 0.1) is 12.6 Å². The smallest absolute Gasteiger partial charge is 0.407 e. The lowest BCUT2D eigenvalue weighted by atomic mass is 9.68. The Hall–Kier alpha value is -2.51. The summed E-state index contributed by atoms with van der Waals surface area (Å²) < 4.78 is 31.7. The predicted molar refractivity (Wildman–Crippen MR) is 114 cm³/mol. The first-order valence-corrected chi connectivity index (χ1v) is 11.0. The van der Waals surface area contributed by atoms with Gasteiger partial charge in [0.15, 0.2) is 11.6 Å². The van der Waals surface area contributed by atoms with E-state index in [-0.39, 0.29) is 23.1 Å². The van der Waals surface area contributed by atoms with E-state index in [1.807, 2.05) is 0 Å². The average molecular weight is 436 g/mol. The molecule has 0 spiro atoms. The Kier molecular flexibility index (Phi) is 7.62. The van der Waals surface area contributed by atoms with Crippen molar-refractivity contribution in [1.29, 1.82) is 0 Å². The van der Waals surface area contributed by atoms with Gasteiger partial charge in [-0.15, -0.1) is 0 Å². The number of amidine groups is 1. The minimum absolute atomic E-state index is 0.0455. The highest BCUT2D eigenvalue weighted by Crippen LogP contribution is 2.43. The minimum Gasteiger partial charge on any atom is -0.450 e. The van der Waals surface area contributed by atoms with Gasteiger partial charge in [0.2, 0.25) is 0 Å². The van der Waals surface area contributed by atoms with Gasteiger partial charge in [-0.2, -0.15) is 0 Å². The number of hydrogen-bond donors (Lipinski definition) is 2. The molecule has 31 heavy (non-hydrogen) atoms. The van der Waals surface area contributed by atoms with E-state index in [1.165, 1.54) is 6.07 Å². The number of aliphatic imine (C=N–C) groups is 1. The van der Waals surface area contributed by atoms with Gasteiger partial charge in [0.25, 0.3) is 5.91 Å². The van der Waals surface area contributed by atoms with Crippen molar-refractivity contribution in [3.63, 3.8) is 0 Å². The molecule has 2 aliphatic carbocycles. The number of alkyl carbamates (subject to hydrolysis) is 1. The van der Waals surface area contributed by atoms with Crippen molar-refractivity contribution >= 4 is 17.8 Å². The minimum atomic E-state index is -1.05. The van der Waals surface area contributed by atoms with Crippen molar-refractivity contribution in [3.05, 3.63) is 35.4 Å². The molecule has 2 N–H and O–H groups in total. The zero-order valence-corrected chi connectivity index (χ0v) is 18.2. The van der Waals surface area contributed by atoms with Crippen LogP contribution in [0.25, 0.3) is 0 Å². The van der Waals surface area contributed by atoms with Crippen LogP contribution in [0.4, 0.5) is 13.6 Å². The largest absolute Gasteiger partial charge is 0.450 e. The number of rotatable bonds is 6. The highest BCUT2D eigenvalue weighted by molar-refractivity contribution is 6.06. The maximum absolute atomic E-state index is 13.5. The monoisotopic (exact) mass is 435 g/mol. The SMILES string of the molecule is CCOC(=O)NC1CCC(N=C(CC2(C)CCC2)NC(=O)c2ccc(F)c(F)c2)CC1. The molecule has 170 valence electrons. The molecular weight excluding hydrogens is 404 g/mol. The first kappa shape index (κ1) is 23.2. The summed E-state index contributed by atoms with van der Waals surface area (Å²) >= 11 is 0. The molecule has 3 rings (SSSR count). The van der Waals surface area contributed by atoms with Crippen molar-refractivity contribution < 1.29 is 23.1 Å². The summed E-state index contributed by atoms with van der Waals surface area (Å²) in [6.45, 7) is 4.28. The molecule has 0 saturated heterocycles. The van der Waals surface area contributed by atoms with Crippen LogP contribution in [0.15, 0.2) is 23.2 Å². The lowest BCUT2D eigenvalue weighted by Gasteiger charge is -2.39. The van der Waals surface area contributed by atoms with E-state index >= 15 is 0 Å². The van der Waals surface area contributed by atoms with Crippen LogP contribution in [0.5, 0.6) is 0 Å². The standard InChI is InChI=1S/C23H31F2N3O3/c1-3-31-22(30)27-17-8-6-16(7-9-17)26-20(14-23(2)11-4-12-23)28-21(29)15-5-10-18(24)19(25)13-15/h5,10,13,16-17H,3-4,6-9,11-12,14H2,1-2H3,(H,27,30)(H,26,28,29). The number of ether oxygens (including phenoxy) is 1. The predicted octanol–water partition coefficient (Wildman–Crippen LogP) is 4.73. The van der Waals surface area contributed by atoms with Crippen molar-refractivity contribution in [2.75, 3.05) is 6.61 Å². The van der Waals surface area contributed by atoms with Crippen LogP contribution in [-0.2, 0) is 4.74 Å². The highest BCUT2D eigenvalue weighted by Gasteiger charge is 2.34. The Morgan fingerprint density at radius 1 is 1.16 bits per heavy atom. The number of nitrogens with one attached hydrogen (secondary N) is 2. The fraction of sp³-hybridized carbons (Fsp3) is 0.609. The zero-order valence-electron chi connectivity index (χ0n) is 18.2. The van der Waals surface area contributed by atoms with Crippen LogP contribution in [0, 0.1) is 17.0 Å². The Morgan fingerprint density at radius 3 is 2.45 bits per heavy atom. The summed E-state index contributed by atoms with van der Waals surface area (Å²) in [6, 6.07) is 3.23. The molecule has 0 heterocycles. The first-order valence-electron chi connectivity index (χ1n) is 11.0. The van der Waals surface area contributed by atoms with Crippen LogP contribution in [-0.4, -0.2) is 36.5 Å². The maximum Gasteiger partial charge on any atom is 0.407 e. The summed E-state index contributed by atoms with van der Waals surface area (Å²) in [5, 5.41) is 5.71. The molecule has 0 bridgehead atoms. The second-order valence-corrected chi connectivity index (χ2v) is 8.87. The van der Waals surface area contributed by atoms with Crippen LogP contribution in [0.2, 0.25) is 0 Å². The number of hydrogen-bond acceptors (Lipinski definition) is 4. The van der Waals surface area contributed by atoms with Crippen LogP contribution >= 0.6 is 0 Å². The second-order valence-electron chi connectivity index (χ2n) is 8.87. The number of carbonyl (C=O) groups is 2. The van der Waals surface area contributed by atoms with E-state index < -0.39 is 23.6 Å². The van der Waals surface area contributed by atoms with Crippen LogP contribution in [0.1, 0.15) is 75.6 Å². The normalized spacial score (nSPS) is 22.9. The lowest BCUT2D eigenvalue weighted by Crippen LogP contribution is -2.40. The Bertz CT molecular complexity index is 831. The van der Waals surface area contributed by atoms with Gasteiger partial charge in [-0.3, -0.25) is 9.79 Å². The van der Waals surface area contributed by atoms with E-state index in [0.29, 0.717) is 18.9 Å². The van der Waals surface area contributed by atoms with Gasteiger partial charge in [0.1, 0.15) is 5.84 Å². The molecule has 1 aromatic rings. The number of amides is 2. The van der Waals surface area contributed by atoms with Crippen molar-refractivity contribution in [1.82, 2.24) is 10.6 Å². The lowest BCUT2D eigenvalue weighted by molar-refractivity contribution is 0.0971. The fourth-order valence-electron chi connectivity index (χ4n) is 4.23. The molecule has 0 aromatic heterocycles. The van der Waals surface area contributed by atoms with Gasteiger partial charge in [-0.05, 0) is 69.1 Å². The molecule has 2 aliphatic rings. The van der Waals surface area contributed by atoms with Gasteiger partial charge < -0.3 is 15.4 Å². The third-order valence-electron chi connectivity index (χ3n) is 6.23. The van der Waals surface area contributed by atoms with E-state index in [1.54, 1.807) is 6.92 Å². The van der Waals surface area contributed by atoms with Crippen LogP contribution in [0.3, 0.4) is 0 Å². The summed E-state index contributed by atoms with van der Waals surface area (Å²) in [7, 11) is 0. The van der Waals surface area contributed by atoms with E-state index in [2.05, 4.69) is 17.6 Å². The maximum atomic E-state index is 13.5. The van der Waals surface area contributed by atoms with Gasteiger partial charge in [0, 0.05) is 18.0 Å². The fourth-order valence-corrected chi connectivity index (χ4v) is 4.23. The number of halogens is 2. The zero-order chi connectivity index (χ0) is 22.4. The molecule has 0 aliphatic heterocycles. The molecule has 6 nitrogen and oxygen atoms in total. The van der Waals surface area contributed by atoms with Crippen molar-refractivity contribution in [2.45, 2.75) is 77.3 Å². The summed E-state index contributed by atoms with van der Waals surface area (Å²) in [6.07, 6.45) is 6.70. The molecule has 8 heteroatoms. The molecule has 2 fully saturated rings. The molecule has 1 aromatic carbocycles. The number of nitrogens with zero attached hydrogens (tertiary/aromatic N) is 1. The van der Waals surface area contributed by atoms with Crippen LogP contribution < -0.4 is 10.6 Å². The molecule has 0 radical (unpaired) electrons. The molecule has 2 saturated carbocycles. The third-order valence-corrected chi connectivity index (χ3v) is 6.23. The quantitative estimate of drug-likeness (QED) is 0.501. The third kappa shape index (κ3) is 6.48. The van der Waals surface area contributed by atoms with E-state index in [9.17, 15) is 18.4 Å². The average Bonchev–Trinajstić information content (AvgIpc) is 2.70. The van der Waals surface area contributed by atoms with E-state index in [4.69, 9.17) is 9.73 Å². The van der Waals surface area contributed by atoms with Gasteiger partial charge in [-0.25, -0.2) is 13.6 Å². The Labute approximate surface area is 181 Å². The molecule has 0 unspecified atom stereocenters.